The fraction of sp³-hybridized carbons (Fsp3) is 0.917. The number of rotatable bonds is 33. The van der Waals surface area contributed by atoms with Crippen LogP contribution in [0.2, 0.25) is 0 Å². The van der Waals surface area contributed by atoms with E-state index in [1.807, 2.05) is 0 Å². The van der Waals surface area contributed by atoms with Gasteiger partial charge in [-0.15, -0.1) is 0 Å². The van der Waals surface area contributed by atoms with Gasteiger partial charge in [0.05, 0.1) is 0 Å². The van der Waals surface area contributed by atoms with Crippen molar-refractivity contribution in [2.24, 2.45) is 5.73 Å². The molecule has 4 N–H and O–H groups in total. The van der Waals surface area contributed by atoms with Crippen LogP contribution in [0.15, 0.2) is 0 Å². The molecule has 2 atom stereocenters. The molecule has 43 heavy (non-hydrogen) atoms. The van der Waals surface area contributed by atoms with Gasteiger partial charge in [-0.1, -0.05) is 129 Å². The smallest absolute Gasteiger partial charge is 0.326 e. The maximum Gasteiger partial charge on any atom is 0.326 e. The summed E-state index contributed by atoms with van der Waals surface area (Å²) < 4.78 is 5.92. The zero-order valence-electron chi connectivity index (χ0n) is 28.3. The molecule has 7 nitrogen and oxygen atoms in total. The molecule has 0 aliphatic heterocycles. The highest BCUT2D eigenvalue weighted by Gasteiger charge is 2.19. The molecule has 0 aliphatic carbocycles. The van der Waals surface area contributed by atoms with Crippen LogP contribution >= 0.6 is 0 Å². The number of carbonyl (C=O) groups excluding carboxylic acids is 2. The molecule has 1 amide bonds. The molecule has 0 saturated carbocycles. The maximum atomic E-state index is 12.6. The van der Waals surface area contributed by atoms with E-state index >= 15 is 0 Å². The third kappa shape index (κ3) is 28.9. The van der Waals surface area contributed by atoms with Gasteiger partial charge in [0.25, 0.3) is 0 Å². The fourth-order valence-corrected chi connectivity index (χ4v) is 5.63. The monoisotopic (exact) mass is 611 g/mol. The van der Waals surface area contributed by atoms with Crippen LogP contribution in [0.1, 0.15) is 194 Å². The lowest BCUT2D eigenvalue weighted by Crippen LogP contribution is -2.40. The van der Waals surface area contributed by atoms with Gasteiger partial charge in [-0.2, -0.15) is 0 Å². The van der Waals surface area contributed by atoms with E-state index in [0.29, 0.717) is 32.2 Å². The number of carboxylic acids is 1. The van der Waals surface area contributed by atoms with Gasteiger partial charge in [-0.05, 0) is 57.9 Å². The van der Waals surface area contributed by atoms with E-state index in [1.54, 1.807) is 0 Å². The molecule has 0 heterocycles. The Hall–Kier alpha value is -1.63. The molecule has 0 spiro atoms. The Morgan fingerprint density at radius 3 is 1.47 bits per heavy atom. The van der Waals surface area contributed by atoms with Crippen molar-refractivity contribution in [3.8, 4) is 0 Å². The van der Waals surface area contributed by atoms with E-state index in [1.165, 1.54) is 96.3 Å². The van der Waals surface area contributed by atoms with Crippen molar-refractivity contribution in [2.75, 3.05) is 6.54 Å². The molecule has 0 aromatic carbocycles. The number of amides is 1. The molecule has 0 bridgehead atoms. The quantitative estimate of drug-likeness (QED) is 0.0503. The highest BCUT2D eigenvalue weighted by Crippen LogP contribution is 2.18. The number of carboxylic acid groups (broad SMARTS) is 1. The molecular weight excluding hydrogens is 540 g/mol. The average Bonchev–Trinajstić information content (AvgIpc) is 2.98. The van der Waals surface area contributed by atoms with Gasteiger partial charge in [0.1, 0.15) is 12.1 Å². The van der Waals surface area contributed by atoms with Gasteiger partial charge < -0.3 is 20.9 Å². The summed E-state index contributed by atoms with van der Waals surface area (Å²) in [5.41, 5.74) is 5.46. The van der Waals surface area contributed by atoms with Crippen LogP contribution in [0, 0.1) is 0 Å². The molecule has 0 rings (SSSR count). The van der Waals surface area contributed by atoms with Crippen molar-refractivity contribution in [1.29, 1.82) is 0 Å². The van der Waals surface area contributed by atoms with Gasteiger partial charge in [-0.25, -0.2) is 4.79 Å². The standard InChI is InChI=1S/C36H70N2O5/c1-3-5-7-9-10-11-12-13-14-15-16-17-18-24-30-35(40)43-32(26-21-8-6-4-2)27-22-19-20-23-29-34(39)38-33(36(41)42)28-25-31-37/h32-33H,3-31,37H2,1-2H3,(H,38,39)(H,41,42). The Labute approximate surface area is 265 Å². The Morgan fingerprint density at radius 2 is 1.00 bits per heavy atom. The van der Waals surface area contributed by atoms with Crippen LogP contribution in [0.25, 0.3) is 0 Å². The maximum absolute atomic E-state index is 12.6. The minimum Gasteiger partial charge on any atom is -0.480 e. The summed E-state index contributed by atoms with van der Waals surface area (Å²) >= 11 is 0. The van der Waals surface area contributed by atoms with E-state index < -0.39 is 12.0 Å². The van der Waals surface area contributed by atoms with Crippen molar-refractivity contribution in [1.82, 2.24) is 5.32 Å². The second-order valence-electron chi connectivity index (χ2n) is 12.6. The minimum absolute atomic E-state index is 0.00169. The first-order valence-corrected chi connectivity index (χ1v) is 18.4. The lowest BCUT2D eigenvalue weighted by atomic mass is 10.0. The molecule has 0 saturated heterocycles. The zero-order chi connectivity index (χ0) is 31.8. The fourth-order valence-electron chi connectivity index (χ4n) is 5.63. The van der Waals surface area contributed by atoms with Crippen LogP contribution in [0.5, 0.6) is 0 Å². The zero-order valence-corrected chi connectivity index (χ0v) is 28.3. The van der Waals surface area contributed by atoms with Crippen LogP contribution < -0.4 is 11.1 Å². The highest BCUT2D eigenvalue weighted by molar-refractivity contribution is 5.83. The number of esters is 1. The summed E-state index contributed by atoms with van der Waals surface area (Å²) in [6.07, 6.45) is 30.2. The number of hydrogen-bond acceptors (Lipinski definition) is 5. The van der Waals surface area contributed by atoms with Crippen LogP contribution in [-0.2, 0) is 19.1 Å². The number of unbranched alkanes of at least 4 members (excludes halogenated alkanes) is 19. The van der Waals surface area contributed by atoms with Crippen molar-refractivity contribution in [3.05, 3.63) is 0 Å². The van der Waals surface area contributed by atoms with Gasteiger partial charge >= 0.3 is 11.9 Å². The van der Waals surface area contributed by atoms with Crippen LogP contribution in [0.4, 0.5) is 0 Å². The summed E-state index contributed by atoms with van der Waals surface area (Å²) in [6, 6.07) is -0.858. The Kier molecular flexibility index (Phi) is 30.6. The summed E-state index contributed by atoms with van der Waals surface area (Å²) in [4.78, 5) is 36.0. The summed E-state index contributed by atoms with van der Waals surface area (Å²) in [5, 5.41) is 11.9. The molecule has 0 aromatic heterocycles. The van der Waals surface area contributed by atoms with E-state index in [0.717, 1.165) is 57.8 Å². The predicted molar refractivity (Wildman–Crippen MR) is 179 cm³/mol. The number of hydrogen-bond donors (Lipinski definition) is 3. The predicted octanol–water partition coefficient (Wildman–Crippen LogP) is 9.39. The average molecular weight is 611 g/mol. The summed E-state index contributed by atoms with van der Waals surface area (Å²) in [7, 11) is 0. The van der Waals surface area contributed by atoms with E-state index in [9.17, 15) is 19.5 Å². The second kappa shape index (κ2) is 31.8. The van der Waals surface area contributed by atoms with Crippen molar-refractivity contribution in [3.63, 3.8) is 0 Å². The highest BCUT2D eigenvalue weighted by atomic mass is 16.5. The van der Waals surface area contributed by atoms with Crippen LogP contribution in [-0.4, -0.2) is 41.6 Å². The summed E-state index contributed by atoms with van der Waals surface area (Å²) in [6.45, 7) is 4.89. The first-order valence-electron chi connectivity index (χ1n) is 18.4. The van der Waals surface area contributed by atoms with Crippen LogP contribution in [0.3, 0.4) is 0 Å². The largest absolute Gasteiger partial charge is 0.480 e. The van der Waals surface area contributed by atoms with Crippen molar-refractivity contribution < 1.29 is 24.2 Å². The number of nitrogens with two attached hydrogens (primary N) is 1. The lowest BCUT2D eigenvalue weighted by molar-refractivity contribution is -0.150. The van der Waals surface area contributed by atoms with Gasteiger partial charge in [-0.3, -0.25) is 9.59 Å². The number of ether oxygens (including phenoxy) is 1. The lowest BCUT2D eigenvalue weighted by Gasteiger charge is -2.18. The number of aliphatic carboxylic acids is 1. The van der Waals surface area contributed by atoms with Gasteiger partial charge in [0.15, 0.2) is 0 Å². The number of nitrogens with one attached hydrogen (secondary N) is 1. The Balaban J connectivity index is 4.03. The Morgan fingerprint density at radius 1 is 0.581 bits per heavy atom. The third-order valence-corrected chi connectivity index (χ3v) is 8.42. The normalized spacial score (nSPS) is 12.6. The molecule has 2 unspecified atom stereocenters. The van der Waals surface area contributed by atoms with Gasteiger partial charge in [0, 0.05) is 12.8 Å². The molecule has 0 fully saturated rings. The van der Waals surface area contributed by atoms with E-state index in [-0.39, 0.29) is 18.0 Å². The SMILES string of the molecule is CCCCCCCCCCCCCCCCC(=O)OC(CCCCCC)CCCCCCC(=O)NC(CCCN)C(=O)O. The first-order chi connectivity index (χ1) is 20.9. The molecule has 7 heteroatoms. The van der Waals surface area contributed by atoms with Crippen molar-refractivity contribution >= 4 is 17.8 Å². The molecular formula is C36H70N2O5. The minimum atomic E-state index is -1.01. The third-order valence-electron chi connectivity index (χ3n) is 8.42. The molecule has 0 aromatic rings. The Bertz CT molecular complexity index is 658. The van der Waals surface area contributed by atoms with E-state index in [4.69, 9.17) is 10.5 Å². The summed E-state index contributed by atoms with van der Waals surface area (Å²) in [5.74, 6) is -1.26. The topological polar surface area (TPSA) is 119 Å². The first kappa shape index (κ1) is 41.4. The van der Waals surface area contributed by atoms with E-state index in [2.05, 4.69) is 19.2 Å². The number of carbonyl (C=O) groups is 3. The van der Waals surface area contributed by atoms with Gasteiger partial charge in [0.2, 0.25) is 5.91 Å². The molecule has 0 aliphatic rings. The second-order valence-corrected chi connectivity index (χ2v) is 12.6. The molecule has 0 radical (unpaired) electrons. The van der Waals surface area contributed by atoms with Crippen molar-refractivity contribution in [2.45, 2.75) is 206 Å². The molecule has 254 valence electrons.